The molecule has 0 fully saturated rings. The minimum Gasteiger partial charge on any atom is -0.263 e. The number of pyridine rings is 1. The summed E-state index contributed by atoms with van der Waals surface area (Å²) in [5.41, 5.74) is 0.832. The maximum atomic E-state index is 12.0. The normalized spacial score (nSPS) is 15.6. The number of rotatable bonds is 3. The fourth-order valence-electron chi connectivity index (χ4n) is 1.14. The van der Waals surface area contributed by atoms with Crippen LogP contribution in [-0.4, -0.2) is 13.9 Å². The smallest absolute Gasteiger partial charge is 0.0975 e. The molecule has 3 nitrogen and oxygen atoms in total. The van der Waals surface area contributed by atoms with Crippen molar-refractivity contribution in [1.29, 1.82) is 0 Å². The molecule has 1 N–H and O–H groups in total. The summed E-state index contributed by atoms with van der Waals surface area (Å²) in [5, 5.41) is 0.603. The van der Waals surface area contributed by atoms with Crippen LogP contribution in [0.3, 0.4) is 0 Å². The van der Waals surface area contributed by atoms with Crippen LogP contribution in [0.5, 0.6) is 0 Å². The van der Waals surface area contributed by atoms with Gasteiger partial charge in [0.05, 0.1) is 25.2 Å². The highest BCUT2D eigenvalue weighted by Crippen LogP contribution is 2.29. The Kier molecular flexibility index (Phi) is 5.13. The molecule has 0 amide bonds. The molecule has 0 aliphatic heterocycles. The van der Waals surface area contributed by atoms with Gasteiger partial charge in [-0.2, -0.15) is 0 Å². The summed E-state index contributed by atoms with van der Waals surface area (Å²) in [5.74, 6) is 0. The van der Waals surface area contributed by atoms with Crippen molar-refractivity contribution in [2.24, 2.45) is 0 Å². The summed E-state index contributed by atoms with van der Waals surface area (Å²) in [6, 6.07) is -0.118. The van der Waals surface area contributed by atoms with Crippen LogP contribution in [0.15, 0.2) is 16.9 Å². The zero-order valence-electron chi connectivity index (χ0n) is 10.3. The van der Waals surface area contributed by atoms with Gasteiger partial charge in [0.1, 0.15) is 0 Å². The van der Waals surface area contributed by atoms with E-state index in [1.54, 1.807) is 12.4 Å². The van der Waals surface area contributed by atoms with Crippen LogP contribution in [0.25, 0.3) is 0 Å². The topological polar surface area (TPSA) is 42.0 Å². The van der Waals surface area contributed by atoms with E-state index >= 15 is 0 Å². The lowest BCUT2D eigenvalue weighted by atomic mass is 10.2. The summed E-state index contributed by atoms with van der Waals surface area (Å²) in [6.07, 6.45) is 3.32. The first-order valence-electron chi connectivity index (χ1n) is 5.20. The molecule has 0 bridgehead atoms. The Hall–Kier alpha value is 0.0300. The maximum absolute atomic E-state index is 12.0. The van der Waals surface area contributed by atoms with Crippen molar-refractivity contribution in [1.82, 2.24) is 9.71 Å². The molecular weight excluding hydrogens is 324 g/mol. The first-order valence-corrected chi connectivity index (χ1v) is 7.52. The predicted molar refractivity (Wildman–Crippen MR) is 76.4 cm³/mol. The summed E-state index contributed by atoms with van der Waals surface area (Å²) in [4.78, 5) is 4.07. The minimum atomic E-state index is -1.13. The van der Waals surface area contributed by atoms with Crippen molar-refractivity contribution in [3.63, 3.8) is 0 Å². The fourth-order valence-corrected chi connectivity index (χ4v) is 2.55. The zero-order chi connectivity index (χ0) is 13.2. The minimum absolute atomic E-state index is 0.118. The highest BCUT2D eigenvalue weighted by molar-refractivity contribution is 9.10. The van der Waals surface area contributed by atoms with E-state index in [0.29, 0.717) is 5.02 Å². The SMILES string of the molecule is C[C@@H](N[S@@](=O)C(C)(C)C)c1cncc(Br)c1Cl. The number of hydrogen-bond acceptors (Lipinski definition) is 2. The molecule has 1 heterocycles. The van der Waals surface area contributed by atoms with Gasteiger partial charge in [-0.1, -0.05) is 11.6 Å². The average Bonchev–Trinajstić information content (AvgIpc) is 2.20. The first-order chi connectivity index (χ1) is 7.73. The molecule has 1 rings (SSSR count). The van der Waals surface area contributed by atoms with Crippen LogP contribution in [0, 0.1) is 0 Å². The molecule has 96 valence electrons. The second-order valence-corrected chi connectivity index (χ2v) is 7.98. The molecule has 0 aromatic carbocycles. The van der Waals surface area contributed by atoms with Crippen molar-refractivity contribution in [3.05, 3.63) is 27.5 Å². The summed E-state index contributed by atoms with van der Waals surface area (Å²) < 4.78 is 15.4. The van der Waals surface area contributed by atoms with Crippen LogP contribution in [0.1, 0.15) is 39.3 Å². The lowest BCUT2D eigenvalue weighted by Crippen LogP contribution is -2.34. The second-order valence-electron chi connectivity index (χ2n) is 4.75. The molecular formula is C11H16BrClN2OS. The van der Waals surface area contributed by atoms with Crippen LogP contribution in [-0.2, 0) is 11.0 Å². The third-order valence-corrected chi connectivity index (χ3v) is 5.10. The van der Waals surface area contributed by atoms with Crippen molar-refractivity contribution in [3.8, 4) is 0 Å². The third-order valence-electron chi connectivity index (χ3n) is 2.17. The molecule has 0 unspecified atom stereocenters. The monoisotopic (exact) mass is 338 g/mol. The Balaban J connectivity index is 2.88. The Morgan fingerprint density at radius 1 is 1.47 bits per heavy atom. The maximum Gasteiger partial charge on any atom is 0.0975 e. The number of nitrogens with zero attached hydrogens (tertiary/aromatic N) is 1. The predicted octanol–water partition coefficient (Wildman–Crippen LogP) is 3.61. The van der Waals surface area contributed by atoms with E-state index in [0.717, 1.165) is 10.0 Å². The van der Waals surface area contributed by atoms with Crippen LogP contribution >= 0.6 is 27.5 Å². The summed E-state index contributed by atoms with van der Waals surface area (Å²) >= 11 is 9.48. The number of nitrogens with one attached hydrogen (secondary N) is 1. The molecule has 0 saturated heterocycles. The average molecular weight is 340 g/mol. The van der Waals surface area contributed by atoms with E-state index < -0.39 is 11.0 Å². The molecule has 17 heavy (non-hydrogen) atoms. The standard InChI is InChI=1S/C11H16BrClN2OS/c1-7(15-17(16)11(2,3)4)8-5-14-6-9(12)10(8)13/h5-7,15H,1-4H3/t7-,17+/m1/s1. The Morgan fingerprint density at radius 2 is 2.06 bits per heavy atom. The molecule has 1 aromatic heterocycles. The van der Waals surface area contributed by atoms with Crippen LogP contribution in [0.4, 0.5) is 0 Å². The molecule has 0 aliphatic carbocycles. The van der Waals surface area contributed by atoms with Crippen LogP contribution in [0.2, 0.25) is 5.02 Å². The van der Waals surface area contributed by atoms with E-state index in [-0.39, 0.29) is 10.8 Å². The highest BCUT2D eigenvalue weighted by Gasteiger charge is 2.23. The first kappa shape index (κ1) is 15.1. The van der Waals surface area contributed by atoms with Crippen molar-refractivity contribution in [2.75, 3.05) is 0 Å². The van der Waals surface area contributed by atoms with Crippen molar-refractivity contribution >= 4 is 38.5 Å². The zero-order valence-corrected chi connectivity index (χ0v) is 13.4. The van der Waals surface area contributed by atoms with Crippen molar-refractivity contribution in [2.45, 2.75) is 38.5 Å². The Morgan fingerprint density at radius 3 is 2.59 bits per heavy atom. The molecule has 6 heteroatoms. The molecule has 2 atom stereocenters. The Labute approximate surface area is 118 Å². The molecule has 1 aromatic rings. The fraction of sp³-hybridized carbons (Fsp3) is 0.545. The van der Waals surface area contributed by atoms with Gasteiger partial charge in [0, 0.05) is 24.0 Å². The second kappa shape index (κ2) is 5.78. The quantitative estimate of drug-likeness (QED) is 0.914. The van der Waals surface area contributed by atoms with E-state index in [9.17, 15) is 4.21 Å². The van der Waals surface area contributed by atoms with Gasteiger partial charge in [-0.25, -0.2) is 8.93 Å². The van der Waals surface area contributed by atoms with Crippen molar-refractivity contribution < 1.29 is 4.21 Å². The number of halogens is 2. The third kappa shape index (κ3) is 4.02. The van der Waals surface area contributed by atoms with E-state index in [2.05, 4.69) is 25.6 Å². The van der Waals surface area contributed by atoms with Crippen LogP contribution < -0.4 is 4.72 Å². The van der Waals surface area contributed by atoms with Gasteiger partial charge in [0.15, 0.2) is 0 Å². The van der Waals surface area contributed by atoms with Gasteiger partial charge in [-0.15, -0.1) is 0 Å². The highest BCUT2D eigenvalue weighted by atomic mass is 79.9. The van der Waals surface area contributed by atoms with E-state index in [4.69, 9.17) is 11.6 Å². The van der Waals surface area contributed by atoms with Gasteiger partial charge < -0.3 is 0 Å². The van der Waals surface area contributed by atoms with Gasteiger partial charge in [0.2, 0.25) is 0 Å². The molecule has 0 aliphatic rings. The van der Waals surface area contributed by atoms with Gasteiger partial charge in [-0.05, 0) is 43.6 Å². The largest absolute Gasteiger partial charge is 0.263 e. The number of hydrogen-bond donors (Lipinski definition) is 1. The Bertz CT molecular complexity index is 434. The molecule has 0 radical (unpaired) electrons. The van der Waals surface area contributed by atoms with Gasteiger partial charge in [-0.3, -0.25) is 4.98 Å². The van der Waals surface area contributed by atoms with Gasteiger partial charge >= 0.3 is 0 Å². The summed E-state index contributed by atoms with van der Waals surface area (Å²) in [6.45, 7) is 7.68. The molecule has 0 saturated carbocycles. The lowest BCUT2D eigenvalue weighted by molar-refractivity contribution is 0.615. The number of aromatic nitrogens is 1. The molecule has 0 spiro atoms. The van der Waals surface area contributed by atoms with E-state index in [1.165, 1.54) is 0 Å². The lowest BCUT2D eigenvalue weighted by Gasteiger charge is -2.22. The van der Waals surface area contributed by atoms with Gasteiger partial charge in [0.25, 0.3) is 0 Å². The summed E-state index contributed by atoms with van der Waals surface area (Å²) in [7, 11) is -1.13. The van der Waals surface area contributed by atoms with E-state index in [1.807, 2.05) is 27.7 Å².